The van der Waals surface area contributed by atoms with Crippen molar-refractivity contribution >= 4 is 44.4 Å². The Kier molecular flexibility index (Phi) is 4.36. The highest BCUT2D eigenvalue weighted by Crippen LogP contribution is 2.33. The summed E-state index contributed by atoms with van der Waals surface area (Å²) in [6, 6.07) is 4.06. The first-order valence-corrected chi connectivity index (χ1v) is 7.80. The molecule has 5 heteroatoms. The topological polar surface area (TPSA) is 37.4 Å². The predicted molar refractivity (Wildman–Crippen MR) is 82.6 cm³/mol. The van der Waals surface area contributed by atoms with Crippen LogP contribution < -0.4 is 4.90 Å². The summed E-state index contributed by atoms with van der Waals surface area (Å²) in [6.07, 6.45) is 0.440. The van der Waals surface area contributed by atoms with E-state index in [1.165, 1.54) is 11.8 Å². The molecule has 0 saturated carbocycles. The molecule has 0 radical (unpaired) electrons. The van der Waals surface area contributed by atoms with Crippen molar-refractivity contribution in [1.82, 2.24) is 0 Å². The predicted octanol–water partition coefficient (Wildman–Crippen LogP) is 3.45. The highest BCUT2D eigenvalue weighted by Gasteiger charge is 2.32. The summed E-state index contributed by atoms with van der Waals surface area (Å²) >= 11 is 4.77. The lowest BCUT2D eigenvalue weighted by Crippen LogP contribution is -2.25. The van der Waals surface area contributed by atoms with Crippen molar-refractivity contribution in [3.05, 3.63) is 27.7 Å². The van der Waals surface area contributed by atoms with Crippen molar-refractivity contribution in [2.75, 3.05) is 11.4 Å². The molecule has 0 N–H and O–H groups in total. The lowest BCUT2D eigenvalue weighted by molar-refractivity contribution is -0.117. The van der Waals surface area contributed by atoms with Gasteiger partial charge in [-0.2, -0.15) is 0 Å². The number of thioether (sulfide) groups is 1. The zero-order chi connectivity index (χ0) is 14.2. The summed E-state index contributed by atoms with van der Waals surface area (Å²) in [7, 11) is 0. The molecule has 1 unspecified atom stereocenters. The molecule has 1 saturated heterocycles. The van der Waals surface area contributed by atoms with Gasteiger partial charge in [-0.25, -0.2) is 0 Å². The van der Waals surface area contributed by atoms with Gasteiger partial charge in [0.25, 0.3) is 0 Å². The van der Waals surface area contributed by atoms with E-state index in [2.05, 4.69) is 22.0 Å². The van der Waals surface area contributed by atoms with E-state index < -0.39 is 0 Å². The Morgan fingerprint density at radius 1 is 1.37 bits per heavy atom. The number of benzene rings is 1. The van der Waals surface area contributed by atoms with Gasteiger partial charge >= 0.3 is 0 Å². The van der Waals surface area contributed by atoms with Gasteiger partial charge < -0.3 is 4.90 Å². The van der Waals surface area contributed by atoms with Gasteiger partial charge in [0.2, 0.25) is 5.91 Å². The van der Waals surface area contributed by atoms with Gasteiger partial charge in [0.05, 0.1) is 0 Å². The Balaban J connectivity index is 2.25. The lowest BCUT2D eigenvalue weighted by atomic mass is 10.1. The summed E-state index contributed by atoms with van der Waals surface area (Å²) < 4.78 is 1.00. The quantitative estimate of drug-likeness (QED) is 0.826. The average Bonchev–Trinajstić information content (AvgIpc) is 2.63. The summed E-state index contributed by atoms with van der Waals surface area (Å²) in [5.41, 5.74) is 3.18. The molecule has 0 aliphatic carbocycles. The number of hydrogen-bond donors (Lipinski definition) is 0. The average molecular weight is 342 g/mol. The first kappa shape index (κ1) is 14.6. The fourth-order valence-electron chi connectivity index (χ4n) is 2.33. The van der Waals surface area contributed by atoms with E-state index in [1.807, 2.05) is 19.9 Å². The van der Waals surface area contributed by atoms with Gasteiger partial charge in [0.15, 0.2) is 5.12 Å². The molecule has 19 heavy (non-hydrogen) atoms. The summed E-state index contributed by atoms with van der Waals surface area (Å²) in [5, 5.41) is 0.144. The third-order valence-corrected chi connectivity index (χ3v) is 5.03. The van der Waals surface area contributed by atoms with Crippen LogP contribution in [0.2, 0.25) is 0 Å². The minimum atomic E-state index is 0.0708. The minimum Gasteiger partial charge on any atom is -0.311 e. The van der Waals surface area contributed by atoms with E-state index in [9.17, 15) is 9.59 Å². The minimum absolute atomic E-state index is 0.0708. The van der Waals surface area contributed by atoms with Crippen LogP contribution in [0, 0.1) is 13.8 Å². The fourth-order valence-corrected chi connectivity index (χ4v) is 3.58. The van der Waals surface area contributed by atoms with E-state index >= 15 is 0 Å². The highest BCUT2D eigenvalue weighted by molar-refractivity contribution is 9.10. The Hall–Kier alpha value is -0.810. The first-order chi connectivity index (χ1) is 8.88. The van der Waals surface area contributed by atoms with Crippen LogP contribution in [-0.4, -0.2) is 22.8 Å². The second-order valence-corrected chi connectivity index (χ2v) is 7.16. The molecular formula is C14H16BrNO2S. The normalized spacial score (nSPS) is 19.1. The van der Waals surface area contributed by atoms with Crippen molar-refractivity contribution in [1.29, 1.82) is 0 Å². The summed E-state index contributed by atoms with van der Waals surface area (Å²) in [5.74, 6) is 0.0950. The van der Waals surface area contributed by atoms with Gasteiger partial charge in [-0.3, -0.25) is 9.59 Å². The molecule has 1 fully saturated rings. The van der Waals surface area contributed by atoms with Crippen LogP contribution in [-0.2, 0) is 9.59 Å². The van der Waals surface area contributed by atoms with Crippen molar-refractivity contribution < 1.29 is 9.59 Å². The first-order valence-electron chi connectivity index (χ1n) is 6.13. The van der Waals surface area contributed by atoms with Crippen LogP contribution in [0.15, 0.2) is 16.6 Å². The number of hydrogen-bond acceptors (Lipinski definition) is 3. The second kappa shape index (κ2) is 5.67. The Labute approximate surface area is 125 Å². The monoisotopic (exact) mass is 341 g/mol. The zero-order valence-electron chi connectivity index (χ0n) is 11.2. The van der Waals surface area contributed by atoms with Crippen LogP contribution in [0.5, 0.6) is 0 Å². The molecule has 0 aromatic heterocycles. The molecule has 102 valence electrons. The van der Waals surface area contributed by atoms with Crippen LogP contribution in [0.3, 0.4) is 0 Å². The van der Waals surface area contributed by atoms with E-state index in [-0.39, 0.29) is 16.3 Å². The van der Waals surface area contributed by atoms with Crippen LogP contribution >= 0.6 is 27.7 Å². The third kappa shape index (κ3) is 3.20. The molecule has 1 aliphatic rings. The number of halogens is 1. The van der Waals surface area contributed by atoms with Gasteiger partial charge in [0, 0.05) is 35.3 Å². The molecule has 1 aliphatic heterocycles. The maximum Gasteiger partial charge on any atom is 0.228 e. The van der Waals surface area contributed by atoms with Crippen molar-refractivity contribution in [3.8, 4) is 0 Å². The van der Waals surface area contributed by atoms with Gasteiger partial charge in [0.1, 0.15) is 0 Å². The Morgan fingerprint density at radius 2 is 2.05 bits per heavy atom. The third-order valence-electron chi connectivity index (χ3n) is 3.19. The van der Waals surface area contributed by atoms with Gasteiger partial charge in [-0.1, -0.05) is 33.8 Å². The SMILES string of the molecule is CC(=O)SC1CC(=O)N(c2cc(Br)c(C)cc2C)C1. The summed E-state index contributed by atoms with van der Waals surface area (Å²) in [4.78, 5) is 25.0. The highest BCUT2D eigenvalue weighted by atomic mass is 79.9. The van der Waals surface area contributed by atoms with Crippen molar-refractivity contribution in [3.63, 3.8) is 0 Å². The molecule has 3 nitrogen and oxygen atoms in total. The molecule has 1 heterocycles. The van der Waals surface area contributed by atoms with Gasteiger partial charge in [-0.15, -0.1) is 0 Å². The number of aryl methyl sites for hydroxylation is 2. The van der Waals surface area contributed by atoms with E-state index in [4.69, 9.17) is 0 Å². The van der Waals surface area contributed by atoms with Gasteiger partial charge in [-0.05, 0) is 31.0 Å². The van der Waals surface area contributed by atoms with E-state index in [0.717, 1.165) is 21.3 Å². The second-order valence-electron chi connectivity index (χ2n) is 4.83. The lowest BCUT2D eigenvalue weighted by Gasteiger charge is -2.20. The molecule has 1 amide bonds. The van der Waals surface area contributed by atoms with Crippen LogP contribution in [0.4, 0.5) is 5.69 Å². The zero-order valence-corrected chi connectivity index (χ0v) is 13.6. The molecule has 0 bridgehead atoms. The number of carbonyl (C=O) groups is 2. The molecule has 1 aromatic carbocycles. The number of amides is 1. The number of anilines is 1. The molecular weight excluding hydrogens is 326 g/mol. The number of carbonyl (C=O) groups excluding carboxylic acids is 2. The van der Waals surface area contributed by atoms with Crippen molar-refractivity contribution in [2.45, 2.75) is 32.4 Å². The Bertz CT molecular complexity index is 544. The molecule has 1 atom stereocenters. The largest absolute Gasteiger partial charge is 0.311 e. The standard InChI is InChI=1S/C14H16BrNO2S/c1-8-4-9(2)13(6-12(8)15)16-7-11(5-14(16)18)19-10(3)17/h4,6,11H,5,7H2,1-3H3. The van der Waals surface area contributed by atoms with Crippen molar-refractivity contribution in [2.24, 2.45) is 0 Å². The number of rotatable bonds is 2. The molecule has 0 spiro atoms. The van der Waals surface area contributed by atoms with E-state index in [0.29, 0.717) is 13.0 Å². The smallest absolute Gasteiger partial charge is 0.228 e. The maximum atomic E-state index is 12.1. The fraction of sp³-hybridized carbons (Fsp3) is 0.429. The number of nitrogens with zero attached hydrogens (tertiary/aromatic N) is 1. The van der Waals surface area contributed by atoms with Crippen LogP contribution in [0.25, 0.3) is 0 Å². The molecule has 2 rings (SSSR count). The van der Waals surface area contributed by atoms with Crippen LogP contribution in [0.1, 0.15) is 24.5 Å². The Morgan fingerprint density at radius 3 is 2.68 bits per heavy atom. The maximum absolute atomic E-state index is 12.1. The van der Waals surface area contributed by atoms with E-state index in [1.54, 1.807) is 11.8 Å². The summed E-state index contributed by atoms with van der Waals surface area (Å²) in [6.45, 7) is 6.19. The molecule has 1 aromatic rings.